The molecule has 0 saturated carbocycles. The van der Waals surface area contributed by atoms with Crippen molar-refractivity contribution in [2.24, 2.45) is 0 Å². The molecule has 2 rings (SSSR count). The minimum Gasteiger partial charge on any atom is -0.467 e. The van der Waals surface area contributed by atoms with Crippen LogP contribution in [0.4, 0.5) is 5.95 Å². The molecule has 0 bridgehead atoms. The molecule has 0 spiro atoms. The molecule has 78 valence electrons. The van der Waals surface area contributed by atoms with Crippen molar-refractivity contribution in [2.45, 2.75) is 0 Å². The summed E-state index contributed by atoms with van der Waals surface area (Å²) < 4.78 is 4.89. The quantitative estimate of drug-likeness (QED) is 0.870. The summed E-state index contributed by atoms with van der Waals surface area (Å²) in [7, 11) is 1.47. The van der Waals surface area contributed by atoms with E-state index in [9.17, 15) is 0 Å². The highest BCUT2D eigenvalue weighted by Crippen LogP contribution is 2.31. The average molecular weight is 243 g/mol. The molecule has 0 amide bonds. The van der Waals surface area contributed by atoms with Gasteiger partial charge in [-0.25, -0.2) is 0 Å². The van der Waals surface area contributed by atoms with Crippen LogP contribution in [0.5, 0.6) is 6.01 Å². The maximum absolute atomic E-state index is 5.95. The zero-order valence-electron chi connectivity index (χ0n) is 7.77. The summed E-state index contributed by atoms with van der Waals surface area (Å²) in [6.45, 7) is 0. The predicted molar refractivity (Wildman–Crippen MR) is 59.1 cm³/mol. The molecule has 0 saturated heterocycles. The summed E-state index contributed by atoms with van der Waals surface area (Å²) >= 11 is 7.39. The van der Waals surface area contributed by atoms with Gasteiger partial charge < -0.3 is 10.5 Å². The summed E-state index contributed by atoms with van der Waals surface area (Å²) in [6.07, 6.45) is 0. The molecule has 2 aromatic heterocycles. The average Bonchev–Trinajstić information content (AvgIpc) is 2.63. The molecule has 2 heterocycles. The molecule has 2 N–H and O–H groups in total. The first-order valence-corrected chi connectivity index (χ1v) is 5.25. The number of aromatic nitrogens is 3. The lowest BCUT2D eigenvalue weighted by molar-refractivity contribution is 0.379. The smallest absolute Gasteiger partial charge is 0.321 e. The molecular weight excluding hydrogens is 236 g/mol. The van der Waals surface area contributed by atoms with Gasteiger partial charge >= 0.3 is 6.01 Å². The summed E-state index contributed by atoms with van der Waals surface area (Å²) in [4.78, 5) is 12.6. The van der Waals surface area contributed by atoms with Crippen LogP contribution in [0.15, 0.2) is 11.4 Å². The molecule has 0 aliphatic rings. The van der Waals surface area contributed by atoms with Gasteiger partial charge in [-0.2, -0.15) is 15.0 Å². The van der Waals surface area contributed by atoms with Crippen molar-refractivity contribution in [1.29, 1.82) is 0 Å². The van der Waals surface area contributed by atoms with Gasteiger partial charge in [-0.3, -0.25) is 0 Å². The number of methoxy groups -OCH3 is 1. The Hall–Kier alpha value is -1.40. The number of rotatable bonds is 2. The van der Waals surface area contributed by atoms with Crippen LogP contribution in [0, 0.1) is 0 Å². The van der Waals surface area contributed by atoms with Gasteiger partial charge in [0, 0.05) is 0 Å². The van der Waals surface area contributed by atoms with Crippen molar-refractivity contribution in [3.63, 3.8) is 0 Å². The summed E-state index contributed by atoms with van der Waals surface area (Å²) in [6, 6.07) is 1.95. The lowest BCUT2D eigenvalue weighted by Gasteiger charge is -2.01. The van der Waals surface area contributed by atoms with E-state index in [2.05, 4.69) is 15.0 Å². The highest BCUT2D eigenvalue weighted by Gasteiger charge is 2.11. The minimum atomic E-state index is 0.112. The van der Waals surface area contributed by atoms with Crippen molar-refractivity contribution in [1.82, 2.24) is 15.0 Å². The highest BCUT2D eigenvalue weighted by molar-refractivity contribution is 7.14. The Bertz CT molecular complexity index is 487. The third-order valence-corrected chi connectivity index (χ3v) is 2.97. The van der Waals surface area contributed by atoms with E-state index in [1.807, 2.05) is 5.38 Å². The molecule has 5 nitrogen and oxygen atoms in total. The molecule has 0 aliphatic heterocycles. The van der Waals surface area contributed by atoms with Crippen LogP contribution in [-0.2, 0) is 0 Å². The number of halogens is 1. The molecule has 0 aliphatic carbocycles. The Morgan fingerprint density at radius 2 is 2.20 bits per heavy atom. The number of nitrogens with two attached hydrogens (primary N) is 1. The number of nitrogen functional groups attached to an aromatic ring is 1. The van der Waals surface area contributed by atoms with Crippen molar-refractivity contribution >= 4 is 28.9 Å². The van der Waals surface area contributed by atoms with Crippen molar-refractivity contribution in [2.75, 3.05) is 12.8 Å². The zero-order valence-corrected chi connectivity index (χ0v) is 9.34. The fourth-order valence-electron chi connectivity index (χ4n) is 1.02. The first-order valence-electron chi connectivity index (χ1n) is 3.99. The van der Waals surface area contributed by atoms with E-state index in [0.29, 0.717) is 10.8 Å². The van der Waals surface area contributed by atoms with Crippen LogP contribution < -0.4 is 10.5 Å². The van der Waals surface area contributed by atoms with Gasteiger partial charge in [0.15, 0.2) is 5.82 Å². The monoisotopic (exact) mass is 242 g/mol. The van der Waals surface area contributed by atoms with E-state index >= 15 is 0 Å². The van der Waals surface area contributed by atoms with Crippen molar-refractivity contribution < 1.29 is 4.74 Å². The Morgan fingerprint density at radius 1 is 1.40 bits per heavy atom. The molecule has 0 aromatic carbocycles. The SMILES string of the molecule is COc1nc(N)nc(-c2sccc2Cl)n1. The fourth-order valence-corrected chi connectivity index (χ4v) is 2.09. The maximum Gasteiger partial charge on any atom is 0.321 e. The van der Waals surface area contributed by atoms with Crippen molar-refractivity contribution in [3.8, 4) is 16.7 Å². The summed E-state index contributed by atoms with van der Waals surface area (Å²) in [5, 5.41) is 2.44. The fraction of sp³-hybridized carbons (Fsp3) is 0.125. The zero-order chi connectivity index (χ0) is 10.8. The number of thiophene rings is 1. The van der Waals surface area contributed by atoms with Crippen molar-refractivity contribution in [3.05, 3.63) is 16.5 Å². The lowest BCUT2D eigenvalue weighted by Crippen LogP contribution is -2.02. The van der Waals surface area contributed by atoms with Crippen LogP contribution in [0.25, 0.3) is 10.7 Å². The second-order valence-corrected chi connectivity index (χ2v) is 3.92. The number of anilines is 1. The van der Waals surface area contributed by atoms with E-state index in [0.717, 1.165) is 4.88 Å². The number of ether oxygens (including phenoxy) is 1. The van der Waals surface area contributed by atoms with E-state index < -0.39 is 0 Å². The van der Waals surface area contributed by atoms with Crippen LogP contribution in [0.1, 0.15) is 0 Å². The normalized spacial score (nSPS) is 10.3. The second kappa shape index (κ2) is 4.00. The molecule has 2 aromatic rings. The molecule has 0 fully saturated rings. The highest BCUT2D eigenvalue weighted by atomic mass is 35.5. The Labute approximate surface area is 94.9 Å². The standard InChI is InChI=1S/C8H7ClN4OS/c1-14-8-12-6(11-7(10)13-8)5-4(9)2-3-15-5/h2-3H,1H3,(H2,10,11,12,13). The number of nitrogens with zero attached hydrogens (tertiary/aromatic N) is 3. The predicted octanol–water partition coefficient (Wildman–Crippen LogP) is 1.84. The van der Waals surface area contributed by atoms with E-state index in [4.69, 9.17) is 22.1 Å². The molecule has 7 heteroatoms. The maximum atomic E-state index is 5.95. The van der Waals surface area contributed by atoms with Gasteiger partial charge in [0.2, 0.25) is 5.95 Å². The molecule has 15 heavy (non-hydrogen) atoms. The van der Waals surface area contributed by atoms with Crippen LogP contribution in [0.2, 0.25) is 5.02 Å². The Balaban J connectivity index is 2.53. The van der Waals surface area contributed by atoms with Gasteiger partial charge in [0.05, 0.1) is 17.0 Å². The van der Waals surface area contributed by atoms with Gasteiger partial charge in [0.25, 0.3) is 0 Å². The molecule has 0 radical (unpaired) electrons. The number of hydrogen-bond acceptors (Lipinski definition) is 6. The lowest BCUT2D eigenvalue weighted by atomic mass is 10.4. The van der Waals surface area contributed by atoms with Crippen LogP contribution in [-0.4, -0.2) is 22.1 Å². The first kappa shape index (κ1) is 10.1. The van der Waals surface area contributed by atoms with E-state index in [1.165, 1.54) is 18.4 Å². The molecule has 0 unspecified atom stereocenters. The van der Waals surface area contributed by atoms with Gasteiger partial charge in [-0.05, 0) is 11.4 Å². The van der Waals surface area contributed by atoms with E-state index in [1.54, 1.807) is 6.07 Å². The second-order valence-electron chi connectivity index (χ2n) is 2.60. The Morgan fingerprint density at radius 3 is 2.80 bits per heavy atom. The summed E-state index contributed by atoms with van der Waals surface area (Å²) in [5.41, 5.74) is 5.51. The first-order chi connectivity index (χ1) is 7.20. The minimum absolute atomic E-state index is 0.112. The molecule has 0 atom stereocenters. The van der Waals surface area contributed by atoms with E-state index in [-0.39, 0.29) is 12.0 Å². The largest absolute Gasteiger partial charge is 0.467 e. The third-order valence-electron chi connectivity index (χ3n) is 1.64. The van der Waals surface area contributed by atoms with Crippen LogP contribution in [0.3, 0.4) is 0 Å². The van der Waals surface area contributed by atoms with Gasteiger partial charge in [-0.1, -0.05) is 11.6 Å². The van der Waals surface area contributed by atoms with Crippen LogP contribution >= 0.6 is 22.9 Å². The summed E-state index contributed by atoms with van der Waals surface area (Å²) in [5.74, 6) is 0.542. The molecular formula is C8H7ClN4OS. The van der Waals surface area contributed by atoms with Gasteiger partial charge in [-0.15, -0.1) is 11.3 Å². The van der Waals surface area contributed by atoms with Gasteiger partial charge in [0.1, 0.15) is 0 Å². The number of hydrogen-bond donors (Lipinski definition) is 1. The topological polar surface area (TPSA) is 73.9 Å². The third kappa shape index (κ3) is 2.00. The Kier molecular flexibility index (Phi) is 2.70.